The van der Waals surface area contributed by atoms with Gasteiger partial charge in [-0.25, -0.2) is 9.97 Å². The molecule has 0 bridgehead atoms. The molecule has 0 N–H and O–H groups in total. The largest absolute Gasteiger partial charge is 0.481 e. The Bertz CT molecular complexity index is 1550. The van der Waals surface area contributed by atoms with Crippen molar-refractivity contribution in [2.75, 3.05) is 14.2 Å². The number of thioether (sulfide) groups is 1. The molecule has 7 nitrogen and oxygen atoms in total. The minimum atomic E-state index is -0.436. The standard InChI is InChI=1S/C31H28N4O3S/c1-37-27-17-24(13-15-32-27)29(25-14-16-33-28(18-25)38-2)26-20-35(19-22-9-5-3-6-10-22)31(34-30(26)36)39-21-23-11-7-4-8-12-23/h3-18,20,29H,19,21H2,1-2H3. The number of ether oxygens (including phenoxy) is 2. The summed E-state index contributed by atoms with van der Waals surface area (Å²) in [6, 6.07) is 27.8. The number of pyridine rings is 2. The molecule has 0 fully saturated rings. The van der Waals surface area contributed by atoms with Gasteiger partial charge in [-0.15, -0.1) is 0 Å². The summed E-state index contributed by atoms with van der Waals surface area (Å²) in [7, 11) is 3.15. The van der Waals surface area contributed by atoms with Gasteiger partial charge in [0.15, 0.2) is 5.16 Å². The highest BCUT2D eigenvalue weighted by molar-refractivity contribution is 7.98. The Morgan fingerprint density at radius 2 is 1.36 bits per heavy atom. The summed E-state index contributed by atoms with van der Waals surface area (Å²) < 4.78 is 12.9. The van der Waals surface area contributed by atoms with Gasteiger partial charge in [-0.2, -0.15) is 4.98 Å². The molecule has 0 saturated carbocycles. The minimum Gasteiger partial charge on any atom is -0.481 e. The Labute approximate surface area is 231 Å². The average molecular weight is 537 g/mol. The zero-order valence-corrected chi connectivity index (χ0v) is 22.5. The molecule has 39 heavy (non-hydrogen) atoms. The maximum atomic E-state index is 13.7. The van der Waals surface area contributed by atoms with E-state index in [9.17, 15) is 4.79 Å². The topological polar surface area (TPSA) is 79.1 Å². The summed E-state index contributed by atoms with van der Waals surface area (Å²) in [5.41, 5.74) is 4.23. The van der Waals surface area contributed by atoms with Crippen LogP contribution in [0.5, 0.6) is 11.8 Å². The molecule has 196 valence electrons. The first-order valence-electron chi connectivity index (χ1n) is 12.5. The molecule has 0 aliphatic heterocycles. The van der Waals surface area contributed by atoms with Gasteiger partial charge in [0.2, 0.25) is 11.8 Å². The van der Waals surface area contributed by atoms with Crippen LogP contribution in [-0.2, 0) is 12.3 Å². The first-order chi connectivity index (χ1) is 19.1. The highest BCUT2D eigenvalue weighted by atomic mass is 32.2. The molecule has 0 unspecified atom stereocenters. The van der Waals surface area contributed by atoms with Crippen LogP contribution >= 0.6 is 11.8 Å². The molecule has 3 heterocycles. The van der Waals surface area contributed by atoms with Crippen LogP contribution in [0.4, 0.5) is 0 Å². The van der Waals surface area contributed by atoms with Crippen LogP contribution in [-0.4, -0.2) is 33.7 Å². The molecule has 0 radical (unpaired) electrons. The predicted octanol–water partition coefficient (Wildman–Crippen LogP) is 5.57. The second-order valence-electron chi connectivity index (χ2n) is 8.87. The summed E-state index contributed by atoms with van der Waals surface area (Å²) in [4.78, 5) is 26.9. The molecule has 3 aromatic heterocycles. The van der Waals surface area contributed by atoms with Gasteiger partial charge in [0.05, 0.1) is 14.2 Å². The molecule has 2 aromatic carbocycles. The highest BCUT2D eigenvalue weighted by Crippen LogP contribution is 2.33. The Morgan fingerprint density at radius 1 is 0.795 bits per heavy atom. The molecule has 0 amide bonds. The lowest BCUT2D eigenvalue weighted by atomic mass is 9.87. The molecular formula is C31H28N4O3S. The third kappa shape index (κ3) is 6.35. The number of benzene rings is 2. The number of hydrogen-bond acceptors (Lipinski definition) is 7. The maximum Gasteiger partial charge on any atom is 0.277 e. The van der Waals surface area contributed by atoms with Gasteiger partial charge in [-0.3, -0.25) is 4.79 Å². The summed E-state index contributed by atoms with van der Waals surface area (Å²) in [6.45, 7) is 0.574. The fourth-order valence-corrected chi connectivity index (χ4v) is 5.32. The Kier molecular flexibility index (Phi) is 8.33. The minimum absolute atomic E-state index is 0.286. The molecule has 0 saturated heterocycles. The molecule has 5 aromatic rings. The van der Waals surface area contributed by atoms with E-state index < -0.39 is 5.92 Å². The van der Waals surface area contributed by atoms with Crippen LogP contribution in [0, 0.1) is 0 Å². The highest BCUT2D eigenvalue weighted by Gasteiger charge is 2.24. The van der Waals surface area contributed by atoms with Crippen molar-refractivity contribution in [3.8, 4) is 11.8 Å². The predicted molar refractivity (Wildman–Crippen MR) is 153 cm³/mol. The van der Waals surface area contributed by atoms with Gasteiger partial charge in [-0.05, 0) is 34.4 Å². The van der Waals surface area contributed by atoms with Crippen LogP contribution in [0.1, 0.15) is 33.7 Å². The fourth-order valence-electron chi connectivity index (χ4n) is 4.41. The van der Waals surface area contributed by atoms with Crippen LogP contribution in [0.2, 0.25) is 0 Å². The van der Waals surface area contributed by atoms with Crippen molar-refractivity contribution in [2.24, 2.45) is 0 Å². The third-order valence-electron chi connectivity index (χ3n) is 6.31. The zero-order valence-electron chi connectivity index (χ0n) is 21.7. The summed E-state index contributed by atoms with van der Waals surface area (Å²) in [5, 5.41) is 0.662. The Hall–Kier alpha value is -4.43. The van der Waals surface area contributed by atoms with Gasteiger partial charge in [-0.1, -0.05) is 72.4 Å². The summed E-state index contributed by atoms with van der Waals surface area (Å²) >= 11 is 1.55. The summed E-state index contributed by atoms with van der Waals surface area (Å²) in [6.07, 6.45) is 5.29. The number of nitrogens with zero attached hydrogens (tertiary/aromatic N) is 4. The van der Waals surface area contributed by atoms with Crippen LogP contribution in [0.15, 0.2) is 113 Å². The third-order valence-corrected chi connectivity index (χ3v) is 7.37. The van der Waals surface area contributed by atoms with E-state index >= 15 is 0 Å². The first-order valence-corrected chi connectivity index (χ1v) is 13.4. The molecular weight excluding hydrogens is 508 g/mol. The Balaban J connectivity index is 1.64. The lowest BCUT2D eigenvalue weighted by Crippen LogP contribution is -2.23. The van der Waals surface area contributed by atoms with E-state index in [0.29, 0.717) is 34.8 Å². The maximum absolute atomic E-state index is 13.7. The van der Waals surface area contributed by atoms with E-state index in [1.165, 1.54) is 0 Å². The SMILES string of the molecule is COc1cc(C(c2ccnc(OC)c2)c2cn(Cc3ccccc3)c(SCc3ccccc3)nc2=O)ccn1. The number of aromatic nitrogens is 4. The monoisotopic (exact) mass is 536 g/mol. The lowest BCUT2D eigenvalue weighted by Gasteiger charge is -2.21. The molecule has 5 rings (SSSR count). The molecule has 8 heteroatoms. The van der Waals surface area contributed by atoms with Gasteiger partial charge >= 0.3 is 0 Å². The second kappa shape index (κ2) is 12.4. The summed E-state index contributed by atoms with van der Waals surface area (Å²) in [5.74, 6) is 1.19. The fraction of sp³-hybridized carbons (Fsp3) is 0.161. The smallest absolute Gasteiger partial charge is 0.277 e. The van der Waals surface area contributed by atoms with E-state index in [1.807, 2.05) is 66.9 Å². The van der Waals surface area contributed by atoms with Crippen molar-refractivity contribution in [3.05, 3.63) is 142 Å². The zero-order chi connectivity index (χ0) is 27.0. The van der Waals surface area contributed by atoms with E-state index in [4.69, 9.17) is 9.47 Å². The van der Waals surface area contributed by atoms with Crippen LogP contribution in [0.3, 0.4) is 0 Å². The molecule has 0 aliphatic carbocycles. The number of rotatable bonds is 10. The van der Waals surface area contributed by atoms with Crippen LogP contribution < -0.4 is 15.0 Å². The number of hydrogen-bond donors (Lipinski definition) is 0. The van der Waals surface area contributed by atoms with Crippen molar-refractivity contribution in [3.63, 3.8) is 0 Å². The van der Waals surface area contributed by atoms with Crippen molar-refractivity contribution in [1.82, 2.24) is 19.5 Å². The van der Waals surface area contributed by atoms with Gasteiger partial charge in [0.25, 0.3) is 5.56 Å². The lowest BCUT2D eigenvalue weighted by molar-refractivity contribution is 0.396. The van der Waals surface area contributed by atoms with Crippen molar-refractivity contribution >= 4 is 11.8 Å². The molecule has 0 aliphatic rings. The molecule has 0 atom stereocenters. The van der Waals surface area contributed by atoms with Gasteiger partial charge < -0.3 is 14.0 Å². The van der Waals surface area contributed by atoms with E-state index in [-0.39, 0.29) is 5.56 Å². The first kappa shape index (κ1) is 26.2. The molecule has 0 spiro atoms. The van der Waals surface area contributed by atoms with E-state index in [1.54, 1.807) is 38.4 Å². The van der Waals surface area contributed by atoms with Crippen molar-refractivity contribution in [2.45, 2.75) is 23.4 Å². The van der Waals surface area contributed by atoms with Crippen molar-refractivity contribution in [1.29, 1.82) is 0 Å². The second-order valence-corrected chi connectivity index (χ2v) is 9.81. The van der Waals surface area contributed by atoms with E-state index in [2.05, 4.69) is 43.8 Å². The Morgan fingerprint density at radius 3 is 1.92 bits per heavy atom. The van der Waals surface area contributed by atoms with Gasteiger partial charge in [0.1, 0.15) is 0 Å². The average Bonchev–Trinajstić information content (AvgIpc) is 2.99. The van der Waals surface area contributed by atoms with Gasteiger partial charge in [0, 0.05) is 54.5 Å². The van der Waals surface area contributed by atoms with Crippen LogP contribution in [0.25, 0.3) is 0 Å². The van der Waals surface area contributed by atoms with Crippen molar-refractivity contribution < 1.29 is 9.47 Å². The normalized spacial score (nSPS) is 10.9. The van der Waals surface area contributed by atoms with E-state index in [0.717, 1.165) is 22.3 Å². The quantitative estimate of drug-likeness (QED) is 0.171. The number of methoxy groups -OCH3 is 2.